The van der Waals surface area contributed by atoms with E-state index in [9.17, 15) is 0 Å². The van der Waals surface area contributed by atoms with E-state index in [2.05, 4.69) is 22.0 Å². The van der Waals surface area contributed by atoms with Crippen molar-refractivity contribution in [3.8, 4) is 0 Å². The largest absolute Gasteiger partial charge is 0.378 e. The van der Waals surface area contributed by atoms with Crippen molar-refractivity contribution in [2.75, 3.05) is 25.1 Å². The summed E-state index contributed by atoms with van der Waals surface area (Å²) >= 11 is 0. The van der Waals surface area contributed by atoms with Gasteiger partial charge in [-0.3, -0.25) is 0 Å². The number of pyridine rings is 1. The molecule has 0 bridgehead atoms. The van der Waals surface area contributed by atoms with Crippen molar-refractivity contribution in [2.45, 2.75) is 6.10 Å². The van der Waals surface area contributed by atoms with Crippen LogP contribution in [0.15, 0.2) is 18.3 Å². The van der Waals surface area contributed by atoms with Crippen molar-refractivity contribution >= 4 is 19.1 Å². The highest BCUT2D eigenvalue weighted by atomic mass is 16.5. The predicted octanol–water partition coefficient (Wildman–Crippen LogP) is -0.825. The van der Waals surface area contributed by atoms with Crippen LogP contribution in [0, 0.1) is 0 Å². The highest BCUT2D eigenvalue weighted by Crippen LogP contribution is 2.18. The first-order valence-corrected chi connectivity index (χ1v) is 4.50. The van der Waals surface area contributed by atoms with E-state index in [1.165, 1.54) is 5.46 Å². The maximum atomic E-state index is 5.19. The minimum Gasteiger partial charge on any atom is -0.378 e. The number of methoxy groups -OCH3 is 1. The van der Waals surface area contributed by atoms with Crippen LogP contribution < -0.4 is 10.4 Å². The lowest BCUT2D eigenvalue weighted by atomic mass is 9.99. The SMILES string of the molecule is Bc1ccc(N2CC(OC)C2)nc1. The van der Waals surface area contributed by atoms with Gasteiger partial charge in [-0.15, -0.1) is 0 Å². The number of nitrogens with zero attached hydrogens (tertiary/aromatic N) is 2. The molecule has 0 unspecified atom stereocenters. The minimum absolute atomic E-state index is 0.392. The monoisotopic (exact) mass is 176 g/mol. The number of rotatable bonds is 2. The van der Waals surface area contributed by atoms with Gasteiger partial charge in [0.15, 0.2) is 0 Å². The van der Waals surface area contributed by atoms with Crippen LogP contribution in [0.4, 0.5) is 5.82 Å². The van der Waals surface area contributed by atoms with E-state index >= 15 is 0 Å². The summed E-state index contributed by atoms with van der Waals surface area (Å²) in [6, 6.07) is 4.14. The first-order valence-electron chi connectivity index (χ1n) is 4.50. The van der Waals surface area contributed by atoms with Gasteiger partial charge in [0.25, 0.3) is 0 Å². The summed E-state index contributed by atoms with van der Waals surface area (Å²) in [5, 5.41) is 0. The second kappa shape index (κ2) is 3.38. The molecule has 0 aromatic carbocycles. The van der Waals surface area contributed by atoms with E-state index in [1.54, 1.807) is 7.11 Å². The van der Waals surface area contributed by atoms with E-state index < -0.39 is 0 Å². The standard InChI is InChI=1S/C9H13BN2O/c1-13-8-5-12(6-8)9-3-2-7(10)4-11-9/h2-4,8H,5-6,10H2,1H3. The third-order valence-corrected chi connectivity index (χ3v) is 2.40. The second-order valence-corrected chi connectivity index (χ2v) is 3.46. The highest BCUT2D eigenvalue weighted by Gasteiger charge is 2.26. The van der Waals surface area contributed by atoms with Gasteiger partial charge < -0.3 is 9.64 Å². The molecular weight excluding hydrogens is 163 g/mol. The molecule has 2 heterocycles. The zero-order valence-electron chi connectivity index (χ0n) is 8.03. The topological polar surface area (TPSA) is 25.4 Å². The van der Waals surface area contributed by atoms with Crippen LogP contribution in [-0.4, -0.2) is 39.1 Å². The molecule has 0 radical (unpaired) electrons. The maximum Gasteiger partial charge on any atom is 0.141 e. The Labute approximate surface area is 79.1 Å². The zero-order chi connectivity index (χ0) is 9.26. The van der Waals surface area contributed by atoms with Gasteiger partial charge in [0, 0.05) is 26.4 Å². The number of aromatic nitrogens is 1. The molecule has 13 heavy (non-hydrogen) atoms. The molecule has 1 fully saturated rings. The Kier molecular flexibility index (Phi) is 2.23. The molecule has 68 valence electrons. The van der Waals surface area contributed by atoms with Crippen LogP contribution in [0.25, 0.3) is 0 Å². The van der Waals surface area contributed by atoms with Crippen LogP contribution in [0.1, 0.15) is 0 Å². The smallest absolute Gasteiger partial charge is 0.141 e. The first-order chi connectivity index (χ1) is 6.29. The number of hydrogen-bond acceptors (Lipinski definition) is 3. The second-order valence-electron chi connectivity index (χ2n) is 3.46. The van der Waals surface area contributed by atoms with Crippen LogP contribution in [0.2, 0.25) is 0 Å². The third-order valence-electron chi connectivity index (χ3n) is 2.40. The third kappa shape index (κ3) is 1.67. The minimum atomic E-state index is 0.392. The number of hydrogen-bond donors (Lipinski definition) is 0. The van der Waals surface area contributed by atoms with E-state index in [0.29, 0.717) is 6.10 Å². The van der Waals surface area contributed by atoms with Crippen molar-refractivity contribution in [3.05, 3.63) is 18.3 Å². The van der Waals surface area contributed by atoms with Crippen LogP contribution in [0.3, 0.4) is 0 Å². The molecule has 2 rings (SSSR count). The molecule has 1 aliphatic rings. The van der Waals surface area contributed by atoms with Crippen molar-refractivity contribution in [1.82, 2.24) is 4.98 Å². The molecule has 3 nitrogen and oxygen atoms in total. The molecule has 0 amide bonds. The van der Waals surface area contributed by atoms with Gasteiger partial charge in [-0.1, -0.05) is 11.5 Å². The molecule has 0 aliphatic carbocycles. The van der Waals surface area contributed by atoms with Gasteiger partial charge in [0.05, 0.1) is 6.10 Å². The molecule has 4 heteroatoms. The molecule has 1 aliphatic heterocycles. The quantitative estimate of drug-likeness (QED) is 0.550. The summed E-state index contributed by atoms with van der Waals surface area (Å²) in [5.74, 6) is 1.05. The van der Waals surface area contributed by atoms with E-state index in [0.717, 1.165) is 18.9 Å². The molecule has 1 aromatic heterocycles. The summed E-state index contributed by atoms with van der Waals surface area (Å²) in [6.45, 7) is 1.93. The lowest BCUT2D eigenvalue weighted by Crippen LogP contribution is -2.52. The molecular formula is C9H13BN2O. The van der Waals surface area contributed by atoms with Gasteiger partial charge in [0.2, 0.25) is 0 Å². The van der Waals surface area contributed by atoms with Gasteiger partial charge in [0.1, 0.15) is 13.7 Å². The molecule has 0 spiro atoms. The van der Waals surface area contributed by atoms with Gasteiger partial charge in [-0.25, -0.2) is 4.98 Å². The summed E-state index contributed by atoms with van der Waals surface area (Å²) in [7, 11) is 3.80. The van der Waals surface area contributed by atoms with E-state index in [1.807, 2.05) is 14.0 Å². The van der Waals surface area contributed by atoms with Crippen molar-refractivity contribution < 1.29 is 4.74 Å². The van der Waals surface area contributed by atoms with Crippen LogP contribution in [0.5, 0.6) is 0 Å². The Morgan fingerprint density at radius 2 is 2.31 bits per heavy atom. The normalized spacial score (nSPS) is 17.2. The molecule has 0 saturated carbocycles. The number of ether oxygens (including phenoxy) is 1. The zero-order valence-corrected chi connectivity index (χ0v) is 8.03. The van der Waals surface area contributed by atoms with Crippen LogP contribution in [-0.2, 0) is 4.74 Å². The Morgan fingerprint density at radius 3 is 2.85 bits per heavy atom. The molecule has 0 atom stereocenters. The van der Waals surface area contributed by atoms with E-state index in [-0.39, 0.29) is 0 Å². The van der Waals surface area contributed by atoms with Crippen LogP contribution >= 0.6 is 0 Å². The molecule has 1 saturated heterocycles. The summed E-state index contributed by atoms with van der Waals surface area (Å²) in [5.41, 5.74) is 1.20. The molecule has 1 aromatic rings. The van der Waals surface area contributed by atoms with Gasteiger partial charge in [-0.2, -0.15) is 0 Å². The van der Waals surface area contributed by atoms with E-state index in [4.69, 9.17) is 4.74 Å². The predicted molar refractivity (Wildman–Crippen MR) is 55.4 cm³/mol. The van der Waals surface area contributed by atoms with Crippen molar-refractivity contribution in [1.29, 1.82) is 0 Å². The first kappa shape index (κ1) is 8.57. The fourth-order valence-electron chi connectivity index (χ4n) is 1.42. The number of anilines is 1. The average molecular weight is 176 g/mol. The highest BCUT2D eigenvalue weighted by molar-refractivity contribution is 6.32. The fraction of sp³-hybridized carbons (Fsp3) is 0.444. The van der Waals surface area contributed by atoms with Crippen molar-refractivity contribution in [2.24, 2.45) is 0 Å². The Balaban J connectivity index is 1.99. The van der Waals surface area contributed by atoms with Gasteiger partial charge >= 0.3 is 0 Å². The summed E-state index contributed by atoms with van der Waals surface area (Å²) in [6.07, 6.45) is 2.29. The molecule has 0 N–H and O–H groups in total. The Bertz CT molecular complexity index is 282. The summed E-state index contributed by atoms with van der Waals surface area (Å²) < 4.78 is 5.19. The van der Waals surface area contributed by atoms with Gasteiger partial charge in [-0.05, 0) is 6.07 Å². The Morgan fingerprint density at radius 1 is 1.54 bits per heavy atom. The fourth-order valence-corrected chi connectivity index (χ4v) is 1.42. The lowest BCUT2D eigenvalue weighted by molar-refractivity contribution is 0.0783. The van der Waals surface area contributed by atoms with Crippen molar-refractivity contribution in [3.63, 3.8) is 0 Å². The summed E-state index contributed by atoms with van der Waals surface area (Å²) in [4.78, 5) is 6.56. The lowest BCUT2D eigenvalue weighted by Gasteiger charge is -2.38. The Hall–Kier alpha value is -1.03. The average Bonchev–Trinajstić information content (AvgIpc) is 2.06. The maximum absolute atomic E-state index is 5.19.